The fraction of sp³-hybridized carbons (Fsp3) is 0.0800. The Bertz CT molecular complexity index is 1470. The summed E-state index contributed by atoms with van der Waals surface area (Å²) in [5.41, 5.74) is 3.76. The second-order valence-corrected chi connectivity index (χ2v) is 7.28. The number of amidine groups is 1. The molecule has 9 heteroatoms. The van der Waals surface area contributed by atoms with Crippen molar-refractivity contribution in [3.05, 3.63) is 99.9 Å². The van der Waals surface area contributed by atoms with Gasteiger partial charge in [-0.25, -0.2) is 10.2 Å². The number of aryl methyl sites for hydroxylation is 1. The molecule has 2 N–H and O–H groups in total. The van der Waals surface area contributed by atoms with Gasteiger partial charge in [-0.1, -0.05) is 35.9 Å². The highest BCUT2D eigenvalue weighted by Crippen LogP contribution is 2.27. The maximum atomic E-state index is 12.7. The number of azo groups is 1. The molecule has 0 aliphatic heterocycles. The maximum absolute atomic E-state index is 12.7. The molecule has 1 heterocycles. The van der Waals surface area contributed by atoms with E-state index in [0.29, 0.717) is 22.2 Å². The number of rotatable bonds is 5. The van der Waals surface area contributed by atoms with Crippen LogP contribution in [0.5, 0.6) is 11.5 Å². The van der Waals surface area contributed by atoms with Crippen LogP contribution in [-0.2, 0) is 0 Å². The second kappa shape index (κ2) is 9.78. The Morgan fingerprint density at radius 3 is 2.56 bits per heavy atom. The van der Waals surface area contributed by atoms with Crippen molar-refractivity contribution < 1.29 is 19.1 Å². The van der Waals surface area contributed by atoms with Crippen LogP contribution in [-0.4, -0.2) is 24.0 Å². The summed E-state index contributed by atoms with van der Waals surface area (Å²) in [6, 6.07) is 20.1. The van der Waals surface area contributed by atoms with E-state index in [1.165, 1.54) is 25.3 Å². The molecule has 0 atom stereocenters. The normalized spacial score (nSPS) is 11.6. The lowest BCUT2D eigenvalue weighted by atomic mass is 10.2. The first-order chi connectivity index (χ1) is 16.4. The van der Waals surface area contributed by atoms with E-state index in [-0.39, 0.29) is 22.9 Å². The number of hydrogen-bond acceptors (Lipinski definition) is 7. The van der Waals surface area contributed by atoms with Gasteiger partial charge in [-0.15, -0.1) is 15.3 Å². The third-order valence-electron chi connectivity index (χ3n) is 4.88. The zero-order valence-electron chi connectivity index (χ0n) is 18.4. The van der Waals surface area contributed by atoms with Crippen molar-refractivity contribution in [1.82, 2.24) is 5.43 Å². The third kappa shape index (κ3) is 4.99. The average Bonchev–Trinajstić information content (AvgIpc) is 2.85. The number of benzene rings is 3. The molecule has 0 saturated heterocycles. The van der Waals surface area contributed by atoms with Crippen LogP contribution in [0.25, 0.3) is 11.0 Å². The Morgan fingerprint density at radius 2 is 1.79 bits per heavy atom. The van der Waals surface area contributed by atoms with E-state index in [1.54, 1.807) is 42.5 Å². The predicted octanol–water partition coefficient (Wildman–Crippen LogP) is 4.69. The molecular weight excluding hydrogens is 436 g/mol. The van der Waals surface area contributed by atoms with Gasteiger partial charge in [-0.2, -0.15) is 0 Å². The first-order valence-electron chi connectivity index (χ1n) is 10.2. The largest absolute Gasteiger partial charge is 0.504 e. The molecule has 0 saturated carbocycles. The van der Waals surface area contributed by atoms with Crippen molar-refractivity contribution in [2.45, 2.75) is 6.92 Å². The van der Waals surface area contributed by atoms with E-state index in [1.807, 2.05) is 19.1 Å². The number of amides is 1. The molecule has 170 valence electrons. The number of nitrogens with zero attached hydrogens (tertiary/aromatic N) is 3. The predicted molar refractivity (Wildman–Crippen MR) is 127 cm³/mol. The van der Waals surface area contributed by atoms with Gasteiger partial charge in [-0.3, -0.25) is 4.79 Å². The summed E-state index contributed by atoms with van der Waals surface area (Å²) < 4.78 is 10.4. The minimum Gasteiger partial charge on any atom is -0.504 e. The number of hydrazone groups is 1. The van der Waals surface area contributed by atoms with E-state index >= 15 is 0 Å². The van der Waals surface area contributed by atoms with E-state index in [0.717, 1.165) is 5.56 Å². The molecule has 1 aromatic heterocycles. The molecule has 0 unspecified atom stereocenters. The molecule has 0 spiro atoms. The van der Waals surface area contributed by atoms with Gasteiger partial charge in [0.05, 0.1) is 12.8 Å². The van der Waals surface area contributed by atoms with Gasteiger partial charge in [0, 0.05) is 10.9 Å². The van der Waals surface area contributed by atoms with Crippen molar-refractivity contribution in [3.8, 4) is 11.5 Å². The van der Waals surface area contributed by atoms with Crippen molar-refractivity contribution in [1.29, 1.82) is 0 Å². The number of nitrogens with one attached hydrogen (secondary N) is 1. The monoisotopic (exact) mass is 456 g/mol. The zero-order valence-corrected chi connectivity index (χ0v) is 18.4. The standard InChI is InChI=1S/C25H20N4O5/c1-15-7-10-18(11-8-15)26-27-23(17-9-12-20(30)22(14-17)33-2)28-29-24(31)19-13-16-5-3-4-6-21(16)34-25(19)32/h3-14,30H,1-2H3,(H,29,31)/b27-26?,28-23+. The van der Waals surface area contributed by atoms with Gasteiger partial charge < -0.3 is 14.3 Å². The Labute approximate surface area is 194 Å². The SMILES string of the molecule is COc1cc(/C(N=Nc2ccc(C)cc2)=N\NC(=O)c2cc3ccccc3oc2=O)ccc1O. The molecule has 1 amide bonds. The highest BCUT2D eigenvalue weighted by molar-refractivity contribution is 6.02. The van der Waals surface area contributed by atoms with Gasteiger partial charge in [0.25, 0.3) is 5.91 Å². The average molecular weight is 456 g/mol. The van der Waals surface area contributed by atoms with Crippen molar-refractivity contribution in [2.75, 3.05) is 7.11 Å². The Kier molecular flexibility index (Phi) is 6.45. The highest BCUT2D eigenvalue weighted by Gasteiger charge is 2.15. The first kappa shape index (κ1) is 22.4. The molecule has 34 heavy (non-hydrogen) atoms. The summed E-state index contributed by atoms with van der Waals surface area (Å²) in [6.07, 6.45) is 0. The second-order valence-electron chi connectivity index (χ2n) is 7.28. The van der Waals surface area contributed by atoms with Crippen LogP contribution in [0.1, 0.15) is 21.5 Å². The zero-order chi connectivity index (χ0) is 24.1. The number of para-hydroxylation sites is 1. The van der Waals surface area contributed by atoms with Crippen molar-refractivity contribution in [2.24, 2.45) is 15.3 Å². The smallest absolute Gasteiger partial charge is 0.349 e. The topological polar surface area (TPSA) is 126 Å². The molecule has 3 aromatic carbocycles. The number of ether oxygens (including phenoxy) is 1. The molecular formula is C25H20N4O5. The summed E-state index contributed by atoms with van der Waals surface area (Å²) in [4.78, 5) is 25.0. The van der Waals surface area contributed by atoms with Gasteiger partial charge >= 0.3 is 5.63 Å². The molecule has 0 aliphatic carbocycles. The molecule has 4 rings (SSSR count). The number of hydrogen-bond donors (Lipinski definition) is 2. The van der Waals surface area contributed by atoms with E-state index in [4.69, 9.17) is 9.15 Å². The quantitative estimate of drug-likeness (QED) is 0.148. The van der Waals surface area contributed by atoms with Crippen LogP contribution in [0.2, 0.25) is 0 Å². The number of carbonyl (C=O) groups excluding carboxylic acids is 1. The minimum atomic E-state index is -0.791. The molecule has 0 bridgehead atoms. The third-order valence-corrected chi connectivity index (χ3v) is 4.88. The Balaban J connectivity index is 1.68. The molecule has 0 fully saturated rings. The summed E-state index contributed by atoms with van der Waals surface area (Å²) >= 11 is 0. The Morgan fingerprint density at radius 1 is 1.03 bits per heavy atom. The van der Waals surface area contributed by atoms with Crippen LogP contribution < -0.4 is 15.8 Å². The van der Waals surface area contributed by atoms with Crippen LogP contribution in [0.4, 0.5) is 5.69 Å². The maximum Gasteiger partial charge on any atom is 0.349 e. The van der Waals surface area contributed by atoms with Gasteiger partial charge in [0.2, 0.25) is 5.84 Å². The van der Waals surface area contributed by atoms with Gasteiger partial charge in [0.15, 0.2) is 11.5 Å². The molecule has 0 radical (unpaired) electrons. The number of phenols is 1. The number of carbonyl (C=O) groups is 1. The highest BCUT2D eigenvalue weighted by atomic mass is 16.5. The van der Waals surface area contributed by atoms with Crippen LogP contribution in [0.15, 0.2) is 97.3 Å². The Hall–Kier alpha value is -4.79. The van der Waals surface area contributed by atoms with Gasteiger partial charge in [0.1, 0.15) is 11.1 Å². The first-order valence-corrected chi connectivity index (χ1v) is 10.2. The minimum absolute atomic E-state index is 0.0254. The molecule has 4 aromatic rings. The number of fused-ring (bicyclic) bond motifs is 1. The fourth-order valence-electron chi connectivity index (χ4n) is 3.06. The number of aromatic hydroxyl groups is 1. The number of phenolic OH excluding ortho intramolecular Hbond substituents is 1. The number of methoxy groups -OCH3 is 1. The van der Waals surface area contributed by atoms with Crippen molar-refractivity contribution >= 4 is 28.4 Å². The van der Waals surface area contributed by atoms with E-state index in [2.05, 4.69) is 20.8 Å². The summed E-state index contributed by atoms with van der Waals surface area (Å²) in [7, 11) is 1.41. The molecule has 9 nitrogen and oxygen atoms in total. The van der Waals surface area contributed by atoms with Crippen LogP contribution in [0, 0.1) is 6.92 Å². The molecule has 0 aliphatic rings. The lowest BCUT2D eigenvalue weighted by Gasteiger charge is -2.07. The van der Waals surface area contributed by atoms with Crippen LogP contribution in [0.3, 0.4) is 0 Å². The lowest BCUT2D eigenvalue weighted by Crippen LogP contribution is -2.25. The van der Waals surface area contributed by atoms with E-state index < -0.39 is 11.5 Å². The van der Waals surface area contributed by atoms with Gasteiger partial charge in [-0.05, 0) is 49.4 Å². The lowest BCUT2D eigenvalue weighted by molar-refractivity contribution is 0.0951. The van der Waals surface area contributed by atoms with Crippen molar-refractivity contribution in [3.63, 3.8) is 0 Å². The fourth-order valence-corrected chi connectivity index (χ4v) is 3.06. The summed E-state index contributed by atoms with van der Waals surface area (Å²) in [6.45, 7) is 1.95. The van der Waals surface area contributed by atoms with Crippen LogP contribution >= 0.6 is 0 Å². The van der Waals surface area contributed by atoms with E-state index in [9.17, 15) is 14.7 Å². The summed E-state index contributed by atoms with van der Waals surface area (Å²) in [5, 5.41) is 22.9. The summed E-state index contributed by atoms with van der Waals surface area (Å²) in [5.74, 6) is -0.623.